The monoisotopic (exact) mass is 1290 g/mol. The van der Waals surface area contributed by atoms with Crippen molar-refractivity contribution in [1.29, 1.82) is 0 Å². The molecule has 6 N–H and O–H groups in total. The predicted octanol–water partition coefficient (Wildman–Crippen LogP) is 18.1. The number of carbonyl (C=O) groups is 3. The number of halogens is 4. The van der Waals surface area contributed by atoms with Crippen molar-refractivity contribution in [3.8, 4) is 50.6 Å². The summed E-state index contributed by atoms with van der Waals surface area (Å²) in [6.45, 7) is 14.4. The molecular weight excluding hydrogens is 1230 g/mol. The molecule has 15 rings (SSSR count). The first-order valence-corrected chi connectivity index (χ1v) is 30.9. The van der Waals surface area contributed by atoms with E-state index in [1.807, 2.05) is 37.3 Å². The van der Waals surface area contributed by atoms with Crippen LogP contribution in [0.25, 0.3) is 116 Å². The standard InChI is InChI=1S/C26H22FN3O2.C25H19ClFN3O2.C23H20FN5O2/c1-14(2)25-24(16-8-15(3)9-17(10-16)26(31)32)21-12-22-18(13-28-29-22)11-23(21)30(25)20-6-4-19(27)5-7-20;1-13(2)24-23(18-9-14(25(31)32)3-8-20(18)26)19-11-21-15(12-28-29-21)10-22(19)30(24)17-6-4-16(27)5-7-17;1-12(2)22-21(18-10-20(23(30)31)28(3)27-18)16-9-17-13(11-25-26-17)8-19(16)29(22)15-6-4-14(24)5-7-15/h4-14H,1-3H3,(H,28,29)(H,31,32);3-13H,1-2H3,(H,28,29)(H,31,32);4-12H,1-3H3,(H,25,26)(H,30,31). The van der Waals surface area contributed by atoms with Gasteiger partial charge in [0, 0.05) is 101 Å². The molecule has 7 aromatic heterocycles. The van der Waals surface area contributed by atoms with Crippen molar-refractivity contribution in [2.45, 2.75) is 66.2 Å². The molecule has 95 heavy (non-hydrogen) atoms. The van der Waals surface area contributed by atoms with E-state index in [2.05, 4.69) is 103 Å². The van der Waals surface area contributed by atoms with Gasteiger partial charge in [-0.25, -0.2) is 27.6 Å². The van der Waals surface area contributed by atoms with Gasteiger partial charge >= 0.3 is 17.9 Å². The van der Waals surface area contributed by atoms with Gasteiger partial charge in [0.05, 0.1) is 68.5 Å². The first kappa shape index (κ1) is 62.3. The molecule has 15 aromatic rings. The van der Waals surface area contributed by atoms with Gasteiger partial charge in [0.25, 0.3) is 0 Å². The average molecular weight is 1290 g/mol. The SMILES string of the molecule is CC(C)c1c(-c2cc(C(=O)O)ccc2Cl)c2cc3[nH]ncc3cc2n1-c1ccc(F)cc1.CC(C)c1c(-c2cc(C(=O)O)n(C)n2)c2cc3[nH]ncc3cc2n1-c1ccc(F)cc1.Cc1cc(C(=O)O)cc(-c2c(C(C)C)n(-c3ccc(F)cc3)c3cc4cn[nH]c4cc23)c1. The van der Waals surface area contributed by atoms with Gasteiger partial charge in [0.1, 0.15) is 23.1 Å². The zero-order valence-corrected chi connectivity index (χ0v) is 53.3. The number of carboxylic acids is 3. The van der Waals surface area contributed by atoms with Gasteiger partial charge in [0.15, 0.2) is 0 Å². The molecule has 8 aromatic carbocycles. The molecule has 0 bridgehead atoms. The van der Waals surface area contributed by atoms with Gasteiger partial charge in [0.2, 0.25) is 0 Å². The number of nitrogens with one attached hydrogen (secondary N) is 3. The molecule has 0 unspecified atom stereocenters. The lowest BCUT2D eigenvalue weighted by atomic mass is 9.94. The fraction of sp³-hybridized carbons (Fsp3) is 0.149. The molecule has 0 radical (unpaired) electrons. The minimum Gasteiger partial charge on any atom is -0.478 e. The summed E-state index contributed by atoms with van der Waals surface area (Å²) < 4.78 is 48.7. The Kier molecular flexibility index (Phi) is 16.1. The number of nitrogens with zero attached hydrogens (tertiary/aromatic N) is 8. The number of aromatic carboxylic acids is 3. The van der Waals surface area contributed by atoms with E-state index in [-0.39, 0.29) is 52.0 Å². The summed E-state index contributed by atoms with van der Waals surface area (Å²) in [6.07, 6.45) is 5.29. The lowest BCUT2D eigenvalue weighted by Crippen LogP contribution is -2.05. The fourth-order valence-electron chi connectivity index (χ4n) is 13.0. The molecular formula is C74H61ClF3N11O6. The smallest absolute Gasteiger partial charge is 0.354 e. The summed E-state index contributed by atoms with van der Waals surface area (Å²) >= 11 is 6.61. The van der Waals surface area contributed by atoms with Crippen molar-refractivity contribution in [2.75, 3.05) is 0 Å². The van der Waals surface area contributed by atoms with E-state index in [4.69, 9.17) is 11.6 Å². The van der Waals surface area contributed by atoms with Crippen LogP contribution < -0.4 is 0 Å². The second kappa shape index (κ2) is 24.5. The molecule has 0 atom stereocenters. The Labute approximate surface area is 545 Å². The van der Waals surface area contributed by atoms with Crippen molar-refractivity contribution in [3.63, 3.8) is 0 Å². The first-order chi connectivity index (χ1) is 45.5. The first-order valence-electron chi connectivity index (χ1n) is 30.5. The lowest BCUT2D eigenvalue weighted by molar-refractivity contribution is 0.0677. The summed E-state index contributed by atoms with van der Waals surface area (Å²) in [6, 6.07) is 43.0. The average Bonchev–Trinajstić information content (AvgIpc) is 1.59. The highest BCUT2D eigenvalue weighted by atomic mass is 35.5. The second-order valence-electron chi connectivity index (χ2n) is 24.4. The molecule has 0 spiro atoms. The summed E-state index contributed by atoms with van der Waals surface area (Å²) in [7, 11) is 1.62. The Morgan fingerprint density at radius 1 is 0.463 bits per heavy atom. The Morgan fingerprint density at radius 3 is 1.26 bits per heavy atom. The van der Waals surface area contributed by atoms with Crippen LogP contribution in [0.3, 0.4) is 0 Å². The van der Waals surface area contributed by atoms with Gasteiger partial charge in [-0.2, -0.15) is 20.4 Å². The number of carboxylic acid groups (broad SMARTS) is 3. The van der Waals surface area contributed by atoms with Crippen LogP contribution in [0.2, 0.25) is 5.02 Å². The van der Waals surface area contributed by atoms with Crippen LogP contribution >= 0.6 is 11.6 Å². The summed E-state index contributed by atoms with van der Waals surface area (Å²) in [5, 5.41) is 60.9. The normalized spacial score (nSPS) is 11.7. The van der Waals surface area contributed by atoms with Crippen LogP contribution in [-0.4, -0.2) is 87.3 Å². The van der Waals surface area contributed by atoms with Crippen LogP contribution in [0.15, 0.2) is 170 Å². The molecule has 7 heterocycles. The van der Waals surface area contributed by atoms with Crippen molar-refractivity contribution in [2.24, 2.45) is 7.05 Å². The highest BCUT2D eigenvalue weighted by Gasteiger charge is 2.29. The molecule has 0 aliphatic rings. The van der Waals surface area contributed by atoms with Crippen LogP contribution in [0, 0.1) is 24.4 Å². The van der Waals surface area contributed by atoms with Gasteiger partial charge in [-0.1, -0.05) is 59.2 Å². The number of fused-ring (bicyclic) bond motifs is 6. The van der Waals surface area contributed by atoms with E-state index in [1.165, 1.54) is 47.1 Å². The maximum atomic E-state index is 13.7. The van der Waals surface area contributed by atoms with Gasteiger partial charge in [-0.15, -0.1) is 0 Å². The Bertz CT molecular complexity index is 5540. The zero-order valence-electron chi connectivity index (χ0n) is 52.6. The minimum absolute atomic E-state index is 0.0588. The van der Waals surface area contributed by atoms with Crippen LogP contribution in [-0.2, 0) is 7.05 Å². The van der Waals surface area contributed by atoms with Crippen molar-refractivity contribution >= 4 is 94.9 Å². The molecule has 17 nitrogen and oxygen atoms in total. The second-order valence-corrected chi connectivity index (χ2v) is 24.8. The highest BCUT2D eigenvalue weighted by Crippen LogP contribution is 2.47. The lowest BCUT2D eigenvalue weighted by Gasteiger charge is -2.16. The molecule has 0 saturated carbocycles. The molecule has 0 aliphatic heterocycles. The zero-order chi connectivity index (χ0) is 67.0. The molecule has 0 saturated heterocycles. The third kappa shape index (κ3) is 11.3. The van der Waals surface area contributed by atoms with E-state index in [9.17, 15) is 42.9 Å². The van der Waals surface area contributed by atoms with E-state index < -0.39 is 17.9 Å². The van der Waals surface area contributed by atoms with E-state index in [0.29, 0.717) is 16.3 Å². The summed E-state index contributed by atoms with van der Waals surface area (Å²) in [5.74, 6) is -3.67. The fourth-order valence-corrected chi connectivity index (χ4v) is 13.2. The topological polar surface area (TPSA) is 231 Å². The largest absolute Gasteiger partial charge is 0.478 e. The number of H-pyrrole nitrogens is 3. The number of benzene rings is 8. The maximum Gasteiger partial charge on any atom is 0.354 e. The van der Waals surface area contributed by atoms with E-state index in [0.717, 1.165) is 127 Å². The highest BCUT2D eigenvalue weighted by molar-refractivity contribution is 6.34. The van der Waals surface area contributed by atoms with Crippen molar-refractivity contribution < 1.29 is 42.9 Å². The summed E-state index contributed by atoms with van der Waals surface area (Å²) in [5.41, 5.74) is 17.0. The third-order valence-corrected chi connectivity index (χ3v) is 17.4. The number of hydrogen-bond donors (Lipinski definition) is 6. The molecule has 0 amide bonds. The molecule has 0 fully saturated rings. The molecule has 21 heteroatoms. The predicted molar refractivity (Wildman–Crippen MR) is 365 cm³/mol. The van der Waals surface area contributed by atoms with Crippen LogP contribution in [0.1, 0.15) is 113 Å². The van der Waals surface area contributed by atoms with Gasteiger partial charge < -0.3 is 29.0 Å². The van der Waals surface area contributed by atoms with Gasteiger partial charge in [-0.05, 0) is 181 Å². The van der Waals surface area contributed by atoms with Crippen molar-refractivity contribution in [3.05, 3.63) is 232 Å². The number of aromatic amines is 3. The quantitative estimate of drug-likeness (QED) is 0.0677. The molecule has 476 valence electrons. The molecule has 0 aliphatic carbocycles. The minimum atomic E-state index is -1.04. The maximum absolute atomic E-state index is 13.7. The Balaban J connectivity index is 0.000000129. The number of rotatable bonds is 12. The number of aryl methyl sites for hydroxylation is 2. The Hall–Kier alpha value is -11.5. The number of aromatic nitrogens is 11. The summed E-state index contributed by atoms with van der Waals surface area (Å²) in [4.78, 5) is 35.1. The van der Waals surface area contributed by atoms with Gasteiger partial charge in [-0.3, -0.25) is 20.0 Å². The van der Waals surface area contributed by atoms with Crippen LogP contribution in [0.4, 0.5) is 13.2 Å². The third-order valence-electron chi connectivity index (χ3n) is 17.0. The van der Waals surface area contributed by atoms with Crippen molar-refractivity contribution in [1.82, 2.24) is 54.1 Å². The Morgan fingerprint density at radius 2 is 0.863 bits per heavy atom. The van der Waals surface area contributed by atoms with Crippen LogP contribution in [0.5, 0.6) is 0 Å². The van der Waals surface area contributed by atoms with E-state index in [1.54, 1.807) is 92.4 Å². The van der Waals surface area contributed by atoms with E-state index >= 15 is 0 Å². The number of hydrogen-bond acceptors (Lipinski definition) is 7.